The van der Waals surface area contributed by atoms with E-state index >= 15 is 0 Å². The third-order valence-electron chi connectivity index (χ3n) is 3.62. The minimum Gasteiger partial charge on any atom is -0.348 e. The molecule has 1 unspecified atom stereocenters. The van der Waals surface area contributed by atoms with Crippen LogP contribution in [0.3, 0.4) is 0 Å². The van der Waals surface area contributed by atoms with Crippen molar-refractivity contribution in [3.05, 3.63) is 70.8 Å². The van der Waals surface area contributed by atoms with E-state index in [0.29, 0.717) is 0 Å². The fourth-order valence-corrected chi connectivity index (χ4v) is 2.25. The van der Waals surface area contributed by atoms with Crippen LogP contribution in [0.2, 0.25) is 0 Å². The maximum Gasteiger partial charge on any atom is 0.241 e. The topological polar surface area (TPSA) is 55.1 Å². The number of hydrogen-bond acceptors (Lipinski definition) is 2. The van der Waals surface area contributed by atoms with Gasteiger partial charge in [0.05, 0.1) is 6.04 Å². The largest absolute Gasteiger partial charge is 0.348 e. The van der Waals surface area contributed by atoms with Crippen molar-refractivity contribution in [2.75, 3.05) is 0 Å². The van der Waals surface area contributed by atoms with E-state index in [1.54, 1.807) is 0 Å². The first-order valence-corrected chi connectivity index (χ1v) is 7.16. The summed E-state index contributed by atoms with van der Waals surface area (Å²) >= 11 is 0. The highest BCUT2D eigenvalue weighted by Crippen LogP contribution is 2.16. The van der Waals surface area contributed by atoms with Crippen LogP contribution in [-0.2, 0) is 4.79 Å². The van der Waals surface area contributed by atoms with Crippen LogP contribution in [0.1, 0.15) is 41.3 Å². The van der Waals surface area contributed by atoms with Crippen LogP contribution in [0.5, 0.6) is 0 Å². The first-order valence-electron chi connectivity index (χ1n) is 7.16. The van der Waals surface area contributed by atoms with Crippen LogP contribution < -0.4 is 11.1 Å². The summed E-state index contributed by atoms with van der Waals surface area (Å²) in [5.74, 6) is -0.159. The van der Waals surface area contributed by atoms with E-state index in [2.05, 4.69) is 11.4 Å². The van der Waals surface area contributed by atoms with Gasteiger partial charge in [-0.05, 0) is 31.9 Å². The van der Waals surface area contributed by atoms with E-state index in [9.17, 15) is 4.79 Å². The van der Waals surface area contributed by atoms with Crippen molar-refractivity contribution in [3.63, 3.8) is 0 Å². The maximum absolute atomic E-state index is 12.3. The standard InChI is InChI=1S/C18H22N2O/c1-12-7-9-15(10-8-12)17(19)18(21)20-14(3)16-6-4-5-13(2)11-16/h4-11,14,17H,19H2,1-3H3,(H,20,21)/t14-,17?/m0/s1. The fraction of sp³-hybridized carbons (Fsp3) is 0.278. The lowest BCUT2D eigenvalue weighted by molar-refractivity contribution is -0.123. The molecule has 0 aliphatic rings. The van der Waals surface area contributed by atoms with Crippen LogP contribution in [0, 0.1) is 13.8 Å². The van der Waals surface area contributed by atoms with Crippen molar-refractivity contribution in [1.29, 1.82) is 0 Å². The summed E-state index contributed by atoms with van der Waals surface area (Å²) in [5, 5.41) is 2.97. The number of carbonyl (C=O) groups is 1. The Bertz CT molecular complexity index is 619. The molecule has 2 aromatic rings. The molecule has 1 amide bonds. The summed E-state index contributed by atoms with van der Waals surface area (Å²) in [4.78, 5) is 12.3. The summed E-state index contributed by atoms with van der Waals surface area (Å²) in [6.45, 7) is 6.01. The van der Waals surface area contributed by atoms with Gasteiger partial charge >= 0.3 is 0 Å². The molecule has 0 aromatic heterocycles. The van der Waals surface area contributed by atoms with Crippen LogP contribution >= 0.6 is 0 Å². The molecule has 0 spiro atoms. The third kappa shape index (κ3) is 3.92. The zero-order valence-corrected chi connectivity index (χ0v) is 12.8. The highest BCUT2D eigenvalue weighted by molar-refractivity contribution is 5.83. The molecule has 110 valence electrons. The SMILES string of the molecule is Cc1ccc(C(N)C(=O)N[C@@H](C)c2cccc(C)c2)cc1. The summed E-state index contributed by atoms with van der Waals surface area (Å²) in [5.41, 5.74) is 10.3. The molecule has 21 heavy (non-hydrogen) atoms. The molecule has 3 N–H and O–H groups in total. The van der Waals surface area contributed by atoms with Crippen molar-refractivity contribution in [2.45, 2.75) is 32.9 Å². The van der Waals surface area contributed by atoms with E-state index in [1.165, 1.54) is 5.56 Å². The van der Waals surface area contributed by atoms with Crippen molar-refractivity contribution >= 4 is 5.91 Å². The highest BCUT2D eigenvalue weighted by Gasteiger charge is 2.18. The number of carbonyl (C=O) groups excluding carboxylic acids is 1. The second-order valence-corrected chi connectivity index (χ2v) is 5.53. The molecule has 0 fully saturated rings. The molecular formula is C18H22N2O. The van der Waals surface area contributed by atoms with Crippen LogP contribution in [-0.4, -0.2) is 5.91 Å². The summed E-state index contributed by atoms with van der Waals surface area (Å²) in [7, 11) is 0. The van der Waals surface area contributed by atoms with Gasteiger partial charge in [0.2, 0.25) is 5.91 Å². The first-order chi connectivity index (χ1) is 9.97. The third-order valence-corrected chi connectivity index (χ3v) is 3.62. The molecule has 0 aliphatic heterocycles. The number of aryl methyl sites for hydroxylation is 2. The second-order valence-electron chi connectivity index (χ2n) is 5.53. The summed E-state index contributed by atoms with van der Waals surface area (Å²) in [6.07, 6.45) is 0. The molecule has 0 heterocycles. The highest BCUT2D eigenvalue weighted by atomic mass is 16.2. The molecule has 2 atom stereocenters. The van der Waals surface area contributed by atoms with Crippen LogP contribution in [0.4, 0.5) is 0 Å². The average molecular weight is 282 g/mol. The summed E-state index contributed by atoms with van der Waals surface area (Å²) < 4.78 is 0. The molecule has 2 rings (SSSR count). The van der Waals surface area contributed by atoms with Crippen molar-refractivity contribution in [3.8, 4) is 0 Å². The number of nitrogens with two attached hydrogens (primary N) is 1. The van der Waals surface area contributed by atoms with Crippen LogP contribution in [0.15, 0.2) is 48.5 Å². The fourth-order valence-electron chi connectivity index (χ4n) is 2.25. The van der Waals surface area contributed by atoms with Gasteiger partial charge in [-0.1, -0.05) is 59.7 Å². The number of hydrogen-bond donors (Lipinski definition) is 2. The molecule has 0 saturated carbocycles. The molecule has 0 aliphatic carbocycles. The van der Waals surface area contributed by atoms with Gasteiger partial charge in [0.15, 0.2) is 0 Å². The first kappa shape index (κ1) is 15.3. The van der Waals surface area contributed by atoms with E-state index in [-0.39, 0.29) is 11.9 Å². The van der Waals surface area contributed by atoms with Crippen molar-refractivity contribution in [2.24, 2.45) is 5.73 Å². The number of nitrogens with one attached hydrogen (secondary N) is 1. The van der Waals surface area contributed by atoms with Crippen molar-refractivity contribution < 1.29 is 4.79 Å². The number of amides is 1. The van der Waals surface area contributed by atoms with Gasteiger partial charge in [-0.15, -0.1) is 0 Å². The van der Waals surface area contributed by atoms with Gasteiger partial charge in [0.1, 0.15) is 6.04 Å². The van der Waals surface area contributed by atoms with Crippen molar-refractivity contribution in [1.82, 2.24) is 5.32 Å². The van der Waals surface area contributed by atoms with Gasteiger partial charge in [0, 0.05) is 0 Å². The molecule has 0 radical (unpaired) electrons. The zero-order valence-electron chi connectivity index (χ0n) is 12.8. The lowest BCUT2D eigenvalue weighted by Crippen LogP contribution is -2.35. The molecule has 0 saturated heterocycles. The van der Waals surface area contributed by atoms with Gasteiger partial charge in [0.25, 0.3) is 0 Å². The number of rotatable bonds is 4. The van der Waals surface area contributed by atoms with Gasteiger partial charge in [-0.25, -0.2) is 0 Å². The minimum atomic E-state index is -0.641. The monoisotopic (exact) mass is 282 g/mol. The quantitative estimate of drug-likeness (QED) is 0.905. The Kier molecular flexibility index (Phi) is 4.76. The second kappa shape index (κ2) is 6.55. The lowest BCUT2D eigenvalue weighted by atomic mass is 10.0. The normalized spacial score (nSPS) is 13.5. The Morgan fingerprint density at radius 1 is 1.00 bits per heavy atom. The summed E-state index contributed by atoms with van der Waals surface area (Å²) in [6, 6.07) is 15.1. The Morgan fingerprint density at radius 3 is 2.29 bits per heavy atom. The maximum atomic E-state index is 12.3. The Morgan fingerprint density at radius 2 is 1.67 bits per heavy atom. The molecule has 3 heteroatoms. The molecular weight excluding hydrogens is 260 g/mol. The Hall–Kier alpha value is -2.13. The minimum absolute atomic E-state index is 0.0612. The average Bonchev–Trinajstić information content (AvgIpc) is 2.47. The van der Waals surface area contributed by atoms with Gasteiger partial charge in [-0.2, -0.15) is 0 Å². The zero-order chi connectivity index (χ0) is 15.4. The predicted octanol–water partition coefficient (Wildman–Crippen LogP) is 3.18. The van der Waals surface area contributed by atoms with Gasteiger partial charge < -0.3 is 11.1 Å². The molecule has 2 aromatic carbocycles. The predicted molar refractivity (Wildman–Crippen MR) is 85.8 cm³/mol. The molecule has 3 nitrogen and oxygen atoms in total. The molecule has 0 bridgehead atoms. The van der Waals surface area contributed by atoms with E-state index in [4.69, 9.17) is 5.73 Å². The smallest absolute Gasteiger partial charge is 0.241 e. The Balaban J connectivity index is 2.05. The van der Waals surface area contributed by atoms with E-state index in [0.717, 1.165) is 16.7 Å². The van der Waals surface area contributed by atoms with E-state index in [1.807, 2.05) is 63.2 Å². The van der Waals surface area contributed by atoms with Gasteiger partial charge in [-0.3, -0.25) is 4.79 Å². The van der Waals surface area contributed by atoms with E-state index < -0.39 is 6.04 Å². The van der Waals surface area contributed by atoms with Crippen LogP contribution in [0.25, 0.3) is 0 Å². The Labute approximate surface area is 126 Å². The lowest BCUT2D eigenvalue weighted by Gasteiger charge is -2.18. The number of benzene rings is 2.